The highest BCUT2D eigenvalue weighted by Gasteiger charge is 2.96. The number of aliphatic carboxylic acids is 1. The lowest BCUT2D eigenvalue weighted by atomic mass is 9.88. The molecule has 21 heteroatoms. The summed E-state index contributed by atoms with van der Waals surface area (Å²) in [5, 5.41) is 1.31. The standard InChI is InChI=1S/C10HClF18O2/c11-2(12,1(30)31)3(13,14)4(15,16)5(17,18)6(19,20)7(21,22)8(23,24)9(25,26)10(27,28)29/h(H,30,31). The first-order chi connectivity index (χ1) is 12.9. The lowest BCUT2D eigenvalue weighted by Gasteiger charge is -2.43. The molecule has 0 bridgehead atoms. The van der Waals surface area contributed by atoms with Crippen molar-refractivity contribution < 1.29 is 88.9 Å². The summed E-state index contributed by atoms with van der Waals surface area (Å²) < 4.78 is 231. The molecule has 1 atom stereocenters. The van der Waals surface area contributed by atoms with E-state index in [1.165, 1.54) is 0 Å². The van der Waals surface area contributed by atoms with E-state index in [2.05, 4.69) is 11.6 Å². The topological polar surface area (TPSA) is 37.3 Å². The van der Waals surface area contributed by atoms with Crippen molar-refractivity contribution in [2.75, 3.05) is 0 Å². The second-order valence-electron chi connectivity index (χ2n) is 5.40. The second kappa shape index (κ2) is 7.00. The Labute approximate surface area is 160 Å². The number of carboxylic acid groups (broad SMARTS) is 1. The molecule has 0 spiro atoms. The lowest BCUT2D eigenvalue weighted by Crippen LogP contribution is -2.76. The van der Waals surface area contributed by atoms with Crippen LogP contribution >= 0.6 is 11.6 Å². The number of rotatable bonds is 8. The van der Waals surface area contributed by atoms with Crippen LogP contribution in [-0.4, -0.2) is 63.8 Å². The summed E-state index contributed by atoms with van der Waals surface area (Å²) >= 11 is 3.66. The molecule has 0 saturated carbocycles. The zero-order chi connectivity index (χ0) is 26.1. The quantitative estimate of drug-likeness (QED) is 0.310. The Morgan fingerprint density at radius 3 is 0.839 bits per heavy atom. The van der Waals surface area contributed by atoms with Crippen LogP contribution < -0.4 is 0 Å². The molecule has 186 valence electrons. The minimum absolute atomic E-state index is 3.66. The molecule has 2 nitrogen and oxygen atoms in total. The van der Waals surface area contributed by atoms with Gasteiger partial charge in [-0.15, -0.1) is 0 Å². The Bertz CT molecular complexity index is 707. The van der Waals surface area contributed by atoms with Crippen molar-refractivity contribution in [3.05, 3.63) is 0 Å². The Morgan fingerprint density at radius 1 is 0.452 bits per heavy atom. The normalized spacial score (nSPS) is 18.0. The van der Waals surface area contributed by atoms with Gasteiger partial charge in [-0.3, -0.25) is 0 Å². The van der Waals surface area contributed by atoms with Gasteiger partial charge < -0.3 is 5.11 Å². The van der Waals surface area contributed by atoms with E-state index in [0.29, 0.717) is 0 Å². The van der Waals surface area contributed by atoms with Gasteiger partial charge in [0.15, 0.2) is 0 Å². The summed E-state index contributed by atoms with van der Waals surface area (Å²) in [6.45, 7) is 0. The fourth-order valence-corrected chi connectivity index (χ4v) is 1.61. The smallest absolute Gasteiger partial charge is 0.460 e. The molecular weight excluding hydrogens is 530 g/mol. The summed E-state index contributed by atoms with van der Waals surface area (Å²) in [5.41, 5.74) is 0. The van der Waals surface area contributed by atoms with Crippen LogP contribution in [0.15, 0.2) is 0 Å². The summed E-state index contributed by atoms with van der Waals surface area (Å²) in [5.74, 6) is -64.2. The maximum absolute atomic E-state index is 13.2. The molecule has 0 radical (unpaired) electrons. The number of hydrogen-bond donors (Lipinski definition) is 1. The zero-order valence-electron chi connectivity index (χ0n) is 13.0. The molecule has 0 aliphatic rings. The molecule has 0 aliphatic carbocycles. The van der Waals surface area contributed by atoms with E-state index in [1.807, 2.05) is 0 Å². The summed E-state index contributed by atoms with van der Waals surface area (Å²) in [6, 6.07) is 0. The third-order valence-corrected chi connectivity index (χ3v) is 3.78. The van der Waals surface area contributed by atoms with E-state index >= 15 is 0 Å². The Hall–Kier alpha value is -1.50. The Balaban J connectivity index is 6.95. The van der Waals surface area contributed by atoms with Gasteiger partial charge >= 0.3 is 58.7 Å². The number of carbonyl (C=O) groups is 1. The van der Waals surface area contributed by atoms with Gasteiger partial charge in [0.1, 0.15) is 0 Å². The van der Waals surface area contributed by atoms with Crippen molar-refractivity contribution in [1.29, 1.82) is 0 Å². The molecule has 0 heterocycles. The fraction of sp³-hybridized carbons (Fsp3) is 0.900. The lowest BCUT2D eigenvalue weighted by molar-refractivity contribution is -0.463. The third-order valence-electron chi connectivity index (χ3n) is 3.38. The molecule has 31 heavy (non-hydrogen) atoms. The fourth-order valence-electron chi connectivity index (χ4n) is 1.50. The molecule has 1 N–H and O–H groups in total. The zero-order valence-corrected chi connectivity index (χ0v) is 13.8. The van der Waals surface area contributed by atoms with Crippen molar-refractivity contribution in [1.82, 2.24) is 0 Å². The molecule has 0 saturated heterocycles. The predicted molar refractivity (Wildman–Crippen MR) is 58.0 cm³/mol. The van der Waals surface area contributed by atoms with Crippen LogP contribution in [0.3, 0.4) is 0 Å². The van der Waals surface area contributed by atoms with Crippen molar-refractivity contribution in [2.24, 2.45) is 0 Å². The van der Waals surface area contributed by atoms with Gasteiger partial charge in [-0.2, -0.15) is 74.6 Å². The van der Waals surface area contributed by atoms with Crippen molar-refractivity contribution >= 4 is 17.6 Å². The SMILES string of the molecule is O=C(O)C(F)(Cl)C(F)(F)C(F)(F)C(F)(F)C(F)(F)C(F)(F)C(F)(F)C(F)(F)C(F)(F)F. The minimum Gasteiger partial charge on any atom is -0.478 e. The van der Waals surface area contributed by atoms with E-state index < -0.39 is 58.7 Å². The number of carboxylic acids is 1. The number of alkyl halides is 19. The maximum Gasteiger partial charge on any atom is 0.460 e. The molecular formula is C10HClF18O2. The predicted octanol–water partition coefficient (Wildman–Crippen LogP) is 5.99. The summed E-state index contributed by atoms with van der Waals surface area (Å²) in [6.07, 6.45) is -7.91. The third kappa shape index (κ3) is 3.42. The Morgan fingerprint density at radius 2 is 0.645 bits per heavy atom. The molecule has 0 amide bonds. The maximum atomic E-state index is 13.2. The minimum atomic E-state index is -8.95. The monoisotopic (exact) mass is 530 g/mol. The van der Waals surface area contributed by atoms with Crippen LogP contribution in [0, 0.1) is 0 Å². The van der Waals surface area contributed by atoms with E-state index in [9.17, 15) is 83.8 Å². The number of hydrogen-bond acceptors (Lipinski definition) is 1. The molecule has 1 unspecified atom stereocenters. The van der Waals surface area contributed by atoms with Crippen LogP contribution in [0.2, 0.25) is 0 Å². The van der Waals surface area contributed by atoms with Gasteiger partial charge in [-0.25, -0.2) is 9.18 Å². The van der Waals surface area contributed by atoms with Crippen LogP contribution in [0.25, 0.3) is 0 Å². The van der Waals surface area contributed by atoms with Crippen LogP contribution in [0.5, 0.6) is 0 Å². The Kier molecular flexibility index (Phi) is 6.66. The molecule has 0 aromatic heterocycles. The first kappa shape index (κ1) is 29.5. The van der Waals surface area contributed by atoms with E-state index in [1.54, 1.807) is 0 Å². The van der Waals surface area contributed by atoms with Crippen LogP contribution in [0.1, 0.15) is 0 Å². The van der Waals surface area contributed by atoms with Gasteiger partial charge in [0.05, 0.1) is 0 Å². The summed E-state index contributed by atoms with van der Waals surface area (Å²) in [7, 11) is 0. The van der Waals surface area contributed by atoms with Gasteiger partial charge in [0, 0.05) is 0 Å². The average Bonchev–Trinajstić information content (AvgIpc) is 2.52. The molecule has 0 aromatic rings. The van der Waals surface area contributed by atoms with Crippen molar-refractivity contribution in [3.63, 3.8) is 0 Å². The molecule has 0 aromatic carbocycles. The van der Waals surface area contributed by atoms with Gasteiger partial charge in [-0.1, -0.05) is 11.6 Å². The second-order valence-corrected chi connectivity index (χ2v) is 5.92. The molecule has 0 aliphatic heterocycles. The van der Waals surface area contributed by atoms with E-state index in [4.69, 9.17) is 5.11 Å². The molecule has 0 fully saturated rings. The van der Waals surface area contributed by atoms with Crippen molar-refractivity contribution in [3.8, 4) is 0 Å². The average molecular weight is 531 g/mol. The number of halogens is 19. The first-order valence-electron chi connectivity index (χ1n) is 6.27. The molecule has 0 rings (SSSR count). The van der Waals surface area contributed by atoms with Crippen molar-refractivity contribution in [2.45, 2.75) is 52.8 Å². The van der Waals surface area contributed by atoms with Crippen LogP contribution in [-0.2, 0) is 4.79 Å². The van der Waals surface area contributed by atoms with E-state index in [0.717, 1.165) is 0 Å². The van der Waals surface area contributed by atoms with Gasteiger partial charge in [0.2, 0.25) is 0 Å². The highest BCUT2D eigenvalue weighted by atomic mass is 35.5. The first-order valence-corrected chi connectivity index (χ1v) is 6.65. The van der Waals surface area contributed by atoms with E-state index in [-0.39, 0.29) is 0 Å². The van der Waals surface area contributed by atoms with Gasteiger partial charge in [0.25, 0.3) is 0 Å². The largest absolute Gasteiger partial charge is 0.478 e. The van der Waals surface area contributed by atoms with Gasteiger partial charge in [-0.05, 0) is 0 Å². The summed E-state index contributed by atoms with van der Waals surface area (Å²) in [4.78, 5) is 10.0. The van der Waals surface area contributed by atoms with Crippen LogP contribution in [0.4, 0.5) is 79.0 Å². The highest BCUT2D eigenvalue weighted by molar-refractivity contribution is 6.33. The highest BCUT2D eigenvalue weighted by Crippen LogP contribution is 2.65.